The van der Waals surface area contributed by atoms with Gasteiger partial charge in [-0.05, 0) is 36.8 Å². The highest BCUT2D eigenvalue weighted by atomic mass is 16.3. The molecule has 2 spiro atoms. The van der Waals surface area contributed by atoms with Crippen molar-refractivity contribution in [3.05, 3.63) is 69.8 Å². The summed E-state index contributed by atoms with van der Waals surface area (Å²) in [6.07, 6.45) is 0.335. The normalized spacial score (nSPS) is 36.8. The number of benzene rings is 2. The molecule has 0 radical (unpaired) electrons. The third-order valence-electron chi connectivity index (χ3n) is 9.96. The molecule has 6 aliphatic carbocycles. The Morgan fingerprint density at radius 3 is 1.39 bits per heavy atom. The van der Waals surface area contributed by atoms with Crippen molar-refractivity contribution in [2.75, 3.05) is 0 Å². The first-order valence-electron chi connectivity index (χ1n) is 11.9. The highest BCUT2D eigenvalue weighted by molar-refractivity contribution is 6.30. The zero-order chi connectivity index (χ0) is 25.0. The van der Waals surface area contributed by atoms with Crippen LogP contribution in [-0.2, 0) is 9.59 Å². The molecule has 8 nitrogen and oxygen atoms in total. The first-order valence-corrected chi connectivity index (χ1v) is 11.9. The van der Waals surface area contributed by atoms with Gasteiger partial charge in [-0.25, -0.2) is 0 Å². The highest BCUT2D eigenvalue weighted by Crippen LogP contribution is 2.80. The number of aliphatic hydroxyl groups is 2. The molecule has 4 fully saturated rings. The lowest BCUT2D eigenvalue weighted by Gasteiger charge is -2.51. The molecule has 4 bridgehead atoms. The molecular weight excluding hydrogens is 464 g/mol. The third-order valence-corrected chi connectivity index (χ3v) is 9.96. The van der Waals surface area contributed by atoms with Crippen molar-refractivity contribution in [3.63, 3.8) is 0 Å². The second-order valence-electron chi connectivity index (χ2n) is 10.8. The number of carbonyl (C=O) groups excluding carboxylic acids is 4. The van der Waals surface area contributed by atoms with Crippen LogP contribution in [0.4, 0.5) is 0 Å². The molecule has 2 aromatic rings. The lowest BCUT2D eigenvalue weighted by Crippen LogP contribution is -2.59. The summed E-state index contributed by atoms with van der Waals surface area (Å²) in [5, 5.41) is 43.7. The lowest BCUT2D eigenvalue weighted by atomic mass is 9.47. The lowest BCUT2D eigenvalue weighted by molar-refractivity contribution is -0.131. The van der Waals surface area contributed by atoms with Crippen molar-refractivity contribution in [2.24, 2.45) is 34.5 Å². The molecule has 178 valence electrons. The van der Waals surface area contributed by atoms with Crippen LogP contribution in [0.1, 0.15) is 44.7 Å². The summed E-state index contributed by atoms with van der Waals surface area (Å²) in [5.41, 5.74) is -3.95. The molecular formula is C28H18O8. The van der Waals surface area contributed by atoms with Gasteiger partial charge in [-0.1, -0.05) is 24.3 Å². The Balaban J connectivity index is 1.52. The van der Waals surface area contributed by atoms with Gasteiger partial charge in [0.2, 0.25) is 0 Å². The number of phenolic OH excluding ortho intramolecular Hbond substituents is 2. The van der Waals surface area contributed by atoms with E-state index in [0.717, 1.165) is 0 Å². The Bertz CT molecular complexity index is 1520. The van der Waals surface area contributed by atoms with Crippen molar-refractivity contribution >= 4 is 34.7 Å². The van der Waals surface area contributed by atoms with E-state index in [2.05, 4.69) is 0 Å². The molecule has 0 unspecified atom stereocenters. The monoisotopic (exact) mass is 482 g/mol. The summed E-state index contributed by atoms with van der Waals surface area (Å²) in [6, 6.07) is 8.45. The highest BCUT2D eigenvalue weighted by Gasteiger charge is 2.84. The second-order valence-corrected chi connectivity index (χ2v) is 10.8. The maximum absolute atomic E-state index is 14.3. The molecule has 0 heterocycles. The Labute approximate surface area is 203 Å². The number of hydrogen-bond donors (Lipinski definition) is 4. The van der Waals surface area contributed by atoms with E-state index in [4.69, 9.17) is 0 Å². The topological polar surface area (TPSA) is 149 Å². The molecule has 36 heavy (non-hydrogen) atoms. The number of allylic oxidation sites excluding steroid dienone is 2. The quantitative estimate of drug-likeness (QED) is 0.447. The van der Waals surface area contributed by atoms with E-state index in [1.807, 2.05) is 0 Å². The minimum Gasteiger partial charge on any atom is -0.507 e. The van der Waals surface area contributed by atoms with Crippen LogP contribution in [0.15, 0.2) is 47.5 Å². The number of phenols is 2. The fraction of sp³-hybridized carbons (Fsp3) is 0.286. The Morgan fingerprint density at radius 2 is 1.00 bits per heavy atom. The smallest absolute Gasteiger partial charge is 0.175 e. The van der Waals surface area contributed by atoms with Crippen LogP contribution >= 0.6 is 0 Å². The van der Waals surface area contributed by atoms with Gasteiger partial charge in [-0.3, -0.25) is 19.2 Å². The Kier molecular flexibility index (Phi) is 3.12. The number of rotatable bonds is 0. The summed E-state index contributed by atoms with van der Waals surface area (Å²) in [7, 11) is 0. The molecule has 2 aromatic carbocycles. The summed E-state index contributed by atoms with van der Waals surface area (Å²) < 4.78 is 0. The van der Waals surface area contributed by atoms with E-state index in [-0.39, 0.29) is 57.7 Å². The van der Waals surface area contributed by atoms with E-state index in [1.165, 1.54) is 36.4 Å². The molecule has 0 saturated heterocycles. The molecule has 8 rings (SSSR count). The van der Waals surface area contributed by atoms with E-state index >= 15 is 0 Å². The molecule has 6 atom stereocenters. The van der Waals surface area contributed by atoms with Gasteiger partial charge >= 0.3 is 0 Å². The van der Waals surface area contributed by atoms with Crippen molar-refractivity contribution in [1.29, 1.82) is 0 Å². The molecule has 4 N–H and O–H groups in total. The zero-order valence-corrected chi connectivity index (χ0v) is 18.6. The summed E-state index contributed by atoms with van der Waals surface area (Å²) >= 11 is 0. The molecule has 8 heteroatoms. The van der Waals surface area contributed by atoms with E-state index in [0.29, 0.717) is 0 Å². The molecule has 0 aromatic heterocycles. The number of Topliss-reactive ketones (excluding diaryl/α,β-unsaturated/α-hetero) is 4. The average Bonchev–Trinajstić information content (AvgIpc) is 3.32. The maximum Gasteiger partial charge on any atom is 0.175 e. The maximum atomic E-state index is 14.3. The fourth-order valence-electron chi connectivity index (χ4n) is 8.99. The van der Waals surface area contributed by atoms with Gasteiger partial charge in [-0.2, -0.15) is 0 Å². The van der Waals surface area contributed by atoms with Crippen LogP contribution in [0.5, 0.6) is 11.5 Å². The van der Waals surface area contributed by atoms with Crippen LogP contribution in [0.25, 0.3) is 11.5 Å². The Hall–Kier alpha value is -4.20. The molecule has 0 aliphatic heterocycles. The van der Waals surface area contributed by atoms with Gasteiger partial charge in [0.05, 0.1) is 33.1 Å². The molecule has 0 amide bonds. The van der Waals surface area contributed by atoms with Crippen molar-refractivity contribution in [3.8, 4) is 11.5 Å². The number of hydrogen-bond acceptors (Lipinski definition) is 8. The minimum absolute atomic E-state index is 0.0252. The largest absolute Gasteiger partial charge is 0.507 e. The van der Waals surface area contributed by atoms with E-state index in [9.17, 15) is 39.6 Å². The number of carbonyl (C=O) groups is 4. The van der Waals surface area contributed by atoms with Gasteiger partial charge in [0.15, 0.2) is 23.1 Å². The van der Waals surface area contributed by atoms with E-state index in [1.54, 1.807) is 0 Å². The standard InChI is InChI=1S/C28H18O8/c29-15-5-1-3-9-17(15)23(33)19-22(32)14-7-11-12-8-13(27(11,19)25(9)35)21(31)20-24(34)18-10(4-2-6-16(18)30)26(36)28(12,14)20/h1-6,11-14,29-30,33-34H,7-8H2/t11-,12-,13-,14-,27+,28+/m0/s1. The summed E-state index contributed by atoms with van der Waals surface area (Å²) in [6.45, 7) is 0. The van der Waals surface area contributed by atoms with Crippen LogP contribution in [0.3, 0.4) is 0 Å². The van der Waals surface area contributed by atoms with Crippen molar-refractivity contribution in [1.82, 2.24) is 0 Å². The SMILES string of the molecule is O=C1C2=C(O)c3c(O)cccc3C(=O)[C@]23[C@H]2C[C@H]4[C@@H]3C[C@@H]1[C@]41C(=O)c3cccc(O)c3C(O)=C1C2=O. The predicted molar refractivity (Wildman–Crippen MR) is 122 cm³/mol. The van der Waals surface area contributed by atoms with Gasteiger partial charge in [-0.15, -0.1) is 0 Å². The predicted octanol–water partition coefficient (Wildman–Crippen LogP) is 3.14. The van der Waals surface area contributed by atoms with Crippen LogP contribution in [0.2, 0.25) is 0 Å². The van der Waals surface area contributed by atoms with Gasteiger partial charge < -0.3 is 20.4 Å². The number of aromatic hydroxyl groups is 2. The van der Waals surface area contributed by atoms with Crippen molar-refractivity contribution < 1.29 is 39.6 Å². The van der Waals surface area contributed by atoms with Gasteiger partial charge in [0.25, 0.3) is 0 Å². The number of ketones is 4. The van der Waals surface area contributed by atoms with Gasteiger partial charge in [0.1, 0.15) is 23.0 Å². The minimum atomic E-state index is -1.68. The number of fused-ring (bicyclic) bond motifs is 4. The van der Waals surface area contributed by atoms with Crippen LogP contribution in [0, 0.1) is 34.5 Å². The second kappa shape index (κ2) is 5.61. The van der Waals surface area contributed by atoms with Crippen molar-refractivity contribution in [2.45, 2.75) is 12.8 Å². The average molecular weight is 482 g/mol. The van der Waals surface area contributed by atoms with E-state index < -0.39 is 69.2 Å². The number of aliphatic hydroxyl groups excluding tert-OH is 2. The van der Waals surface area contributed by atoms with Gasteiger partial charge in [0, 0.05) is 23.0 Å². The van der Waals surface area contributed by atoms with Crippen LogP contribution in [-0.4, -0.2) is 43.6 Å². The van der Waals surface area contributed by atoms with Crippen LogP contribution < -0.4 is 0 Å². The third kappa shape index (κ3) is 1.61. The molecule has 6 aliphatic rings. The zero-order valence-electron chi connectivity index (χ0n) is 18.6. The first-order chi connectivity index (χ1) is 17.2. The fourth-order valence-corrected chi connectivity index (χ4v) is 8.99. The molecule has 4 saturated carbocycles. The Morgan fingerprint density at radius 1 is 0.611 bits per heavy atom. The summed E-state index contributed by atoms with van der Waals surface area (Å²) in [4.78, 5) is 56.9. The first kappa shape index (κ1) is 20.0. The summed E-state index contributed by atoms with van der Waals surface area (Å²) in [5.74, 6) is -7.30.